The van der Waals surface area contributed by atoms with Crippen LogP contribution in [0.3, 0.4) is 0 Å². The summed E-state index contributed by atoms with van der Waals surface area (Å²) in [4.78, 5) is 12.8. The molecule has 0 fully saturated rings. The van der Waals surface area contributed by atoms with E-state index in [1.54, 1.807) is 36.4 Å². The number of benzene rings is 3. The fourth-order valence-electron chi connectivity index (χ4n) is 2.97. The van der Waals surface area contributed by atoms with Crippen LogP contribution in [-0.4, -0.2) is 27.5 Å². The molecule has 3 rings (SSSR count). The van der Waals surface area contributed by atoms with Gasteiger partial charge in [0.2, 0.25) is 5.91 Å². The standard InChI is InChI=1S/C23H22Cl2N2O4S/c1-3-31-21-8-6-19(7-9-21)26-23(28)15-27(20-13-17(24)12-18(25)14-20)32(29,30)22-10-4-16(2)5-11-22/h4-14H,3,15H2,1-2H3,(H,26,28). The number of nitrogens with zero attached hydrogens (tertiary/aromatic N) is 1. The second-order valence-electron chi connectivity index (χ2n) is 6.96. The Bertz CT molecular complexity index is 1180. The molecule has 3 aromatic rings. The zero-order valence-electron chi connectivity index (χ0n) is 17.5. The van der Waals surface area contributed by atoms with Gasteiger partial charge in [0, 0.05) is 15.7 Å². The Morgan fingerprint density at radius 1 is 0.969 bits per heavy atom. The van der Waals surface area contributed by atoms with Crippen LogP contribution in [-0.2, 0) is 14.8 Å². The summed E-state index contributed by atoms with van der Waals surface area (Å²) in [6, 6.07) is 17.5. The molecule has 0 aliphatic heterocycles. The van der Waals surface area contributed by atoms with Crippen LogP contribution in [0.4, 0.5) is 11.4 Å². The van der Waals surface area contributed by atoms with Gasteiger partial charge in [0.15, 0.2) is 0 Å². The van der Waals surface area contributed by atoms with Crippen molar-refractivity contribution in [1.82, 2.24) is 0 Å². The molecule has 3 aromatic carbocycles. The quantitative estimate of drug-likeness (QED) is 0.448. The Morgan fingerprint density at radius 3 is 2.12 bits per heavy atom. The third kappa shape index (κ3) is 5.94. The molecular weight excluding hydrogens is 471 g/mol. The van der Waals surface area contributed by atoms with Gasteiger partial charge in [-0.15, -0.1) is 0 Å². The summed E-state index contributed by atoms with van der Waals surface area (Å²) in [5.41, 5.74) is 1.61. The first kappa shape index (κ1) is 23.9. The number of hydrogen-bond donors (Lipinski definition) is 1. The number of hydrogen-bond acceptors (Lipinski definition) is 4. The average molecular weight is 493 g/mol. The monoisotopic (exact) mass is 492 g/mol. The number of rotatable bonds is 8. The number of carbonyl (C=O) groups is 1. The van der Waals surface area contributed by atoms with Gasteiger partial charge in [-0.25, -0.2) is 8.42 Å². The molecule has 9 heteroatoms. The number of carbonyl (C=O) groups excluding carboxylic acids is 1. The molecule has 0 radical (unpaired) electrons. The predicted molar refractivity (Wildman–Crippen MR) is 128 cm³/mol. The lowest BCUT2D eigenvalue weighted by Gasteiger charge is -2.24. The van der Waals surface area contributed by atoms with Crippen molar-refractivity contribution in [3.63, 3.8) is 0 Å². The molecule has 0 saturated heterocycles. The molecule has 0 aromatic heterocycles. The molecule has 0 aliphatic carbocycles. The Kier molecular flexibility index (Phi) is 7.66. The van der Waals surface area contributed by atoms with Crippen molar-refractivity contribution in [2.24, 2.45) is 0 Å². The van der Waals surface area contributed by atoms with Crippen molar-refractivity contribution in [2.75, 3.05) is 22.8 Å². The van der Waals surface area contributed by atoms with E-state index < -0.39 is 22.5 Å². The maximum Gasteiger partial charge on any atom is 0.264 e. The summed E-state index contributed by atoms with van der Waals surface area (Å²) in [6.45, 7) is 3.79. The summed E-state index contributed by atoms with van der Waals surface area (Å²) in [6.07, 6.45) is 0. The maximum atomic E-state index is 13.4. The molecule has 1 N–H and O–H groups in total. The van der Waals surface area contributed by atoms with E-state index in [0.29, 0.717) is 18.0 Å². The molecule has 0 atom stereocenters. The van der Waals surface area contributed by atoms with Gasteiger partial charge in [0.1, 0.15) is 12.3 Å². The van der Waals surface area contributed by atoms with Gasteiger partial charge in [-0.3, -0.25) is 9.10 Å². The lowest BCUT2D eigenvalue weighted by Crippen LogP contribution is -2.38. The van der Waals surface area contributed by atoms with Gasteiger partial charge >= 0.3 is 0 Å². The van der Waals surface area contributed by atoms with E-state index in [9.17, 15) is 13.2 Å². The molecule has 6 nitrogen and oxygen atoms in total. The summed E-state index contributed by atoms with van der Waals surface area (Å²) in [5, 5.41) is 3.21. The number of halogens is 2. The number of sulfonamides is 1. The van der Waals surface area contributed by atoms with Gasteiger partial charge in [-0.1, -0.05) is 40.9 Å². The molecule has 0 aliphatic rings. The lowest BCUT2D eigenvalue weighted by molar-refractivity contribution is -0.114. The van der Waals surface area contributed by atoms with Crippen LogP contribution in [0.1, 0.15) is 12.5 Å². The molecule has 1 amide bonds. The highest BCUT2D eigenvalue weighted by atomic mass is 35.5. The van der Waals surface area contributed by atoms with Crippen molar-refractivity contribution in [3.8, 4) is 5.75 Å². The molecule has 0 heterocycles. The van der Waals surface area contributed by atoms with Crippen molar-refractivity contribution >= 4 is 50.5 Å². The highest BCUT2D eigenvalue weighted by Gasteiger charge is 2.28. The van der Waals surface area contributed by atoms with Crippen LogP contribution < -0.4 is 14.4 Å². The zero-order valence-corrected chi connectivity index (χ0v) is 19.8. The maximum absolute atomic E-state index is 13.4. The summed E-state index contributed by atoms with van der Waals surface area (Å²) >= 11 is 12.2. The van der Waals surface area contributed by atoms with Crippen molar-refractivity contribution in [3.05, 3.63) is 82.3 Å². The van der Waals surface area contributed by atoms with Crippen molar-refractivity contribution in [1.29, 1.82) is 0 Å². The fourth-order valence-corrected chi connectivity index (χ4v) is 4.89. The molecule has 0 bridgehead atoms. The van der Waals surface area contributed by atoms with Crippen LogP contribution in [0, 0.1) is 6.92 Å². The van der Waals surface area contributed by atoms with E-state index >= 15 is 0 Å². The van der Waals surface area contributed by atoms with E-state index in [2.05, 4.69) is 5.32 Å². The molecular formula is C23H22Cl2N2O4S. The molecule has 0 saturated carbocycles. The minimum atomic E-state index is -4.07. The first-order valence-corrected chi connectivity index (χ1v) is 12.0. The van der Waals surface area contributed by atoms with E-state index in [1.165, 1.54) is 30.3 Å². The minimum Gasteiger partial charge on any atom is -0.494 e. The zero-order chi connectivity index (χ0) is 23.3. The van der Waals surface area contributed by atoms with Gasteiger partial charge in [0.05, 0.1) is 17.2 Å². The SMILES string of the molecule is CCOc1ccc(NC(=O)CN(c2cc(Cl)cc(Cl)c2)S(=O)(=O)c2ccc(C)cc2)cc1. The van der Waals surface area contributed by atoms with E-state index in [1.807, 2.05) is 13.8 Å². The molecule has 168 valence electrons. The van der Waals surface area contributed by atoms with E-state index in [-0.39, 0.29) is 20.6 Å². The first-order valence-electron chi connectivity index (χ1n) is 9.77. The second-order valence-corrected chi connectivity index (χ2v) is 9.69. The first-order chi connectivity index (χ1) is 15.2. The van der Waals surface area contributed by atoms with E-state index in [0.717, 1.165) is 9.87 Å². The topological polar surface area (TPSA) is 75.7 Å². The summed E-state index contributed by atoms with van der Waals surface area (Å²) in [7, 11) is -4.07. The van der Waals surface area contributed by atoms with Crippen LogP contribution >= 0.6 is 23.2 Å². The summed E-state index contributed by atoms with van der Waals surface area (Å²) < 4.78 is 33.2. The second kappa shape index (κ2) is 10.3. The van der Waals surface area contributed by atoms with Crippen molar-refractivity contribution < 1.29 is 17.9 Å². The minimum absolute atomic E-state index is 0.0491. The Hall–Kier alpha value is -2.74. The highest BCUT2D eigenvalue weighted by molar-refractivity contribution is 7.92. The third-order valence-corrected chi connectivity index (χ3v) is 6.71. The van der Waals surface area contributed by atoms with Crippen LogP contribution in [0.25, 0.3) is 0 Å². The predicted octanol–water partition coefficient (Wildman–Crippen LogP) is 5.53. The van der Waals surface area contributed by atoms with Gasteiger partial charge in [-0.05, 0) is 68.4 Å². The average Bonchev–Trinajstić information content (AvgIpc) is 2.73. The van der Waals surface area contributed by atoms with Gasteiger partial charge in [0.25, 0.3) is 10.0 Å². The van der Waals surface area contributed by atoms with Gasteiger partial charge < -0.3 is 10.1 Å². The largest absolute Gasteiger partial charge is 0.494 e. The van der Waals surface area contributed by atoms with Crippen LogP contribution in [0.5, 0.6) is 5.75 Å². The Balaban J connectivity index is 1.91. The highest BCUT2D eigenvalue weighted by Crippen LogP contribution is 2.30. The van der Waals surface area contributed by atoms with Crippen molar-refractivity contribution in [2.45, 2.75) is 18.7 Å². The Labute approximate surface area is 197 Å². The molecule has 0 spiro atoms. The number of aryl methyl sites for hydroxylation is 1. The number of anilines is 2. The lowest BCUT2D eigenvalue weighted by atomic mass is 10.2. The fraction of sp³-hybridized carbons (Fsp3) is 0.174. The van der Waals surface area contributed by atoms with Crippen LogP contribution in [0.15, 0.2) is 71.6 Å². The Morgan fingerprint density at radius 2 is 1.56 bits per heavy atom. The molecule has 32 heavy (non-hydrogen) atoms. The number of nitrogens with one attached hydrogen (secondary N) is 1. The van der Waals surface area contributed by atoms with E-state index in [4.69, 9.17) is 27.9 Å². The number of ether oxygens (including phenoxy) is 1. The van der Waals surface area contributed by atoms with Gasteiger partial charge in [-0.2, -0.15) is 0 Å². The smallest absolute Gasteiger partial charge is 0.264 e. The third-order valence-electron chi connectivity index (χ3n) is 4.48. The molecule has 0 unspecified atom stereocenters. The summed E-state index contributed by atoms with van der Waals surface area (Å²) in [5.74, 6) is 0.142. The number of amides is 1. The van der Waals surface area contributed by atoms with Crippen LogP contribution in [0.2, 0.25) is 10.0 Å². The normalized spacial score (nSPS) is 11.1.